The zero-order valence-electron chi connectivity index (χ0n) is 11.0. The third kappa shape index (κ3) is 3.56. The van der Waals surface area contributed by atoms with Gasteiger partial charge in [0, 0.05) is 6.04 Å². The topological polar surface area (TPSA) is 52.3 Å². The van der Waals surface area contributed by atoms with E-state index in [2.05, 4.69) is 19.1 Å². The predicted octanol–water partition coefficient (Wildman–Crippen LogP) is 2.56. The highest BCUT2D eigenvalue weighted by Gasteiger charge is 2.16. The van der Waals surface area contributed by atoms with Crippen molar-refractivity contribution in [3.05, 3.63) is 34.4 Å². The zero-order chi connectivity index (χ0) is 13.0. The van der Waals surface area contributed by atoms with Crippen LogP contribution in [0.15, 0.2) is 12.1 Å². The van der Waals surface area contributed by atoms with Crippen LogP contribution >= 0.6 is 0 Å². The summed E-state index contributed by atoms with van der Waals surface area (Å²) >= 11 is 0. The van der Waals surface area contributed by atoms with Crippen LogP contribution in [0.2, 0.25) is 0 Å². The number of carbonyl (C=O) groups excluding carboxylic acids is 1. The van der Waals surface area contributed by atoms with E-state index in [9.17, 15) is 4.79 Å². The summed E-state index contributed by atoms with van der Waals surface area (Å²) in [5.41, 5.74) is 10.6. The molecule has 3 nitrogen and oxygen atoms in total. The molecule has 1 rings (SSSR count). The number of rotatable bonds is 4. The first-order valence-electron chi connectivity index (χ1n) is 5.94. The molecule has 0 radical (unpaired) electrons. The number of ether oxygens (including phenoxy) is 1. The Morgan fingerprint density at radius 1 is 1.29 bits per heavy atom. The average molecular weight is 235 g/mol. The molecule has 0 amide bonds. The molecule has 1 aromatic rings. The molecule has 0 spiro atoms. The second kappa shape index (κ2) is 5.82. The molecule has 94 valence electrons. The largest absolute Gasteiger partial charge is 0.466 e. The van der Waals surface area contributed by atoms with E-state index < -0.39 is 0 Å². The molecule has 2 N–H and O–H groups in total. The zero-order valence-corrected chi connectivity index (χ0v) is 11.0. The fraction of sp³-hybridized carbons (Fsp3) is 0.500. The van der Waals surface area contributed by atoms with Gasteiger partial charge in [-0.1, -0.05) is 17.7 Å². The summed E-state index contributed by atoms with van der Waals surface area (Å²) in [5.74, 6) is -0.237. The Morgan fingerprint density at radius 2 is 1.82 bits per heavy atom. The van der Waals surface area contributed by atoms with Gasteiger partial charge < -0.3 is 10.5 Å². The molecular weight excluding hydrogens is 214 g/mol. The number of nitrogens with two attached hydrogens (primary N) is 1. The van der Waals surface area contributed by atoms with Gasteiger partial charge in [0.1, 0.15) is 0 Å². The number of esters is 1. The van der Waals surface area contributed by atoms with Crippen LogP contribution in [0.1, 0.15) is 41.6 Å². The van der Waals surface area contributed by atoms with Crippen LogP contribution in [0.5, 0.6) is 0 Å². The minimum atomic E-state index is -0.283. The summed E-state index contributed by atoms with van der Waals surface area (Å²) in [4.78, 5) is 11.4. The number of carbonyl (C=O) groups is 1. The minimum absolute atomic E-state index is 0.235. The van der Waals surface area contributed by atoms with E-state index in [4.69, 9.17) is 10.5 Å². The Balaban J connectivity index is 2.89. The van der Waals surface area contributed by atoms with Gasteiger partial charge in [0.15, 0.2) is 0 Å². The van der Waals surface area contributed by atoms with Gasteiger partial charge in [0.05, 0.1) is 13.0 Å². The molecule has 3 heteroatoms. The second-order valence-electron chi connectivity index (χ2n) is 4.43. The van der Waals surface area contributed by atoms with Crippen molar-refractivity contribution in [2.24, 2.45) is 5.73 Å². The Hall–Kier alpha value is -1.35. The van der Waals surface area contributed by atoms with Crippen molar-refractivity contribution in [3.63, 3.8) is 0 Å². The van der Waals surface area contributed by atoms with Crippen molar-refractivity contribution in [2.75, 3.05) is 6.61 Å². The molecule has 0 aliphatic rings. The summed E-state index contributed by atoms with van der Waals surface area (Å²) < 4.78 is 4.92. The van der Waals surface area contributed by atoms with Gasteiger partial charge in [-0.2, -0.15) is 0 Å². The number of hydrogen-bond donors (Lipinski definition) is 1. The maximum absolute atomic E-state index is 11.4. The van der Waals surface area contributed by atoms with E-state index in [0.717, 1.165) is 16.7 Å². The summed E-state index contributed by atoms with van der Waals surface area (Å²) in [6, 6.07) is 3.90. The molecule has 0 aliphatic heterocycles. The SMILES string of the molecule is CCOC(=O)C[C@@H](N)c1c(C)cc(C)cc1C. The molecule has 0 unspecified atom stereocenters. The highest BCUT2D eigenvalue weighted by atomic mass is 16.5. The third-order valence-electron chi connectivity index (χ3n) is 2.80. The van der Waals surface area contributed by atoms with Crippen LogP contribution in [-0.4, -0.2) is 12.6 Å². The van der Waals surface area contributed by atoms with Crippen molar-refractivity contribution in [3.8, 4) is 0 Å². The van der Waals surface area contributed by atoms with E-state index >= 15 is 0 Å². The van der Waals surface area contributed by atoms with Crippen LogP contribution in [0.4, 0.5) is 0 Å². The molecule has 0 aliphatic carbocycles. The van der Waals surface area contributed by atoms with Crippen molar-refractivity contribution in [1.82, 2.24) is 0 Å². The smallest absolute Gasteiger partial charge is 0.307 e. The highest BCUT2D eigenvalue weighted by molar-refractivity contribution is 5.70. The second-order valence-corrected chi connectivity index (χ2v) is 4.43. The molecule has 1 aromatic carbocycles. The summed E-state index contributed by atoms with van der Waals surface area (Å²) in [7, 11) is 0. The first-order valence-corrected chi connectivity index (χ1v) is 5.94. The van der Waals surface area contributed by atoms with E-state index in [0.29, 0.717) is 6.61 Å². The van der Waals surface area contributed by atoms with Gasteiger partial charge in [-0.05, 0) is 44.4 Å². The van der Waals surface area contributed by atoms with Crippen LogP contribution in [-0.2, 0) is 9.53 Å². The quantitative estimate of drug-likeness (QED) is 0.816. The van der Waals surface area contributed by atoms with Crippen molar-refractivity contribution in [1.29, 1.82) is 0 Å². The molecule has 1 atom stereocenters. The first kappa shape index (κ1) is 13.7. The van der Waals surface area contributed by atoms with E-state index in [1.807, 2.05) is 13.8 Å². The maximum Gasteiger partial charge on any atom is 0.307 e. The lowest BCUT2D eigenvalue weighted by Crippen LogP contribution is -2.19. The molecular formula is C14H21NO2. The van der Waals surface area contributed by atoms with Gasteiger partial charge in [0.25, 0.3) is 0 Å². The molecule has 17 heavy (non-hydrogen) atoms. The van der Waals surface area contributed by atoms with Gasteiger partial charge in [-0.3, -0.25) is 4.79 Å². The maximum atomic E-state index is 11.4. The van der Waals surface area contributed by atoms with Crippen LogP contribution < -0.4 is 5.73 Å². The van der Waals surface area contributed by atoms with E-state index in [-0.39, 0.29) is 18.4 Å². The summed E-state index contributed by atoms with van der Waals surface area (Å²) in [5, 5.41) is 0. The van der Waals surface area contributed by atoms with Gasteiger partial charge in [0.2, 0.25) is 0 Å². The summed E-state index contributed by atoms with van der Waals surface area (Å²) in [6.45, 7) is 8.31. The lowest BCUT2D eigenvalue weighted by Gasteiger charge is -2.17. The van der Waals surface area contributed by atoms with Gasteiger partial charge >= 0.3 is 5.97 Å². The highest BCUT2D eigenvalue weighted by Crippen LogP contribution is 2.24. The fourth-order valence-electron chi connectivity index (χ4n) is 2.28. The van der Waals surface area contributed by atoms with Gasteiger partial charge in [-0.25, -0.2) is 0 Å². The Kier molecular flexibility index (Phi) is 4.70. The molecule has 0 bridgehead atoms. The molecule has 0 heterocycles. The Bertz CT molecular complexity index is 390. The average Bonchev–Trinajstić information content (AvgIpc) is 2.15. The van der Waals surface area contributed by atoms with E-state index in [1.165, 1.54) is 5.56 Å². The van der Waals surface area contributed by atoms with Gasteiger partial charge in [-0.15, -0.1) is 0 Å². The number of benzene rings is 1. The summed E-state index contributed by atoms with van der Waals surface area (Å²) in [6.07, 6.45) is 0.235. The van der Waals surface area contributed by atoms with Crippen LogP contribution in [0.25, 0.3) is 0 Å². The molecule has 0 saturated carbocycles. The van der Waals surface area contributed by atoms with Crippen molar-refractivity contribution < 1.29 is 9.53 Å². The number of hydrogen-bond acceptors (Lipinski definition) is 3. The minimum Gasteiger partial charge on any atom is -0.466 e. The van der Waals surface area contributed by atoms with Crippen LogP contribution in [0.3, 0.4) is 0 Å². The monoisotopic (exact) mass is 235 g/mol. The fourth-order valence-corrected chi connectivity index (χ4v) is 2.28. The normalized spacial score (nSPS) is 12.3. The standard InChI is InChI=1S/C14H21NO2/c1-5-17-13(16)8-12(15)14-10(3)6-9(2)7-11(14)4/h6-7,12H,5,8,15H2,1-4H3/t12-/m1/s1. The Morgan fingerprint density at radius 3 is 2.29 bits per heavy atom. The van der Waals surface area contributed by atoms with Crippen molar-refractivity contribution >= 4 is 5.97 Å². The first-order chi connectivity index (χ1) is 7.95. The van der Waals surface area contributed by atoms with Crippen molar-refractivity contribution in [2.45, 2.75) is 40.2 Å². The lowest BCUT2D eigenvalue weighted by atomic mass is 9.93. The number of aryl methyl sites for hydroxylation is 3. The lowest BCUT2D eigenvalue weighted by molar-refractivity contribution is -0.143. The third-order valence-corrected chi connectivity index (χ3v) is 2.80. The Labute approximate surface area is 103 Å². The van der Waals surface area contributed by atoms with E-state index in [1.54, 1.807) is 6.92 Å². The molecule has 0 aromatic heterocycles. The molecule has 0 saturated heterocycles. The predicted molar refractivity (Wildman–Crippen MR) is 68.8 cm³/mol. The van der Waals surface area contributed by atoms with Crippen LogP contribution in [0, 0.1) is 20.8 Å². The molecule has 0 fully saturated rings.